The lowest BCUT2D eigenvalue weighted by molar-refractivity contribution is -0.0550. The number of rotatable bonds is 6. The molecule has 1 rings (SSSR count). The van der Waals surface area contributed by atoms with E-state index in [1.165, 1.54) is 12.8 Å². The molecule has 2 atom stereocenters. The van der Waals surface area contributed by atoms with Gasteiger partial charge < -0.3 is 10.1 Å². The molecule has 0 saturated carbocycles. The summed E-state index contributed by atoms with van der Waals surface area (Å²) in [7, 11) is 0. The van der Waals surface area contributed by atoms with Crippen LogP contribution in [0.1, 0.15) is 47.5 Å². The van der Waals surface area contributed by atoms with Gasteiger partial charge in [-0.2, -0.15) is 0 Å². The summed E-state index contributed by atoms with van der Waals surface area (Å²) in [6.07, 6.45) is 2.82. The first-order valence-corrected chi connectivity index (χ1v) is 7.48. The highest BCUT2D eigenvalue weighted by molar-refractivity contribution is 4.78. The van der Waals surface area contributed by atoms with Crippen molar-refractivity contribution in [2.45, 2.75) is 59.6 Å². The quantitative estimate of drug-likeness (QED) is 0.739. The summed E-state index contributed by atoms with van der Waals surface area (Å²) in [5.41, 5.74) is 0.437. The smallest absolute Gasteiger partial charge is 0.0674 e. The van der Waals surface area contributed by atoms with Crippen molar-refractivity contribution in [3.8, 4) is 0 Å². The van der Waals surface area contributed by atoms with Crippen LogP contribution in [0, 0.1) is 5.41 Å². The predicted octanol–water partition coefficient (Wildman–Crippen LogP) is 2.51. The van der Waals surface area contributed by atoms with Gasteiger partial charge in [0.05, 0.1) is 12.7 Å². The van der Waals surface area contributed by atoms with Crippen molar-refractivity contribution in [2.24, 2.45) is 5.41 Å². The van der Waals surface area contributed by atoms with Crippen LogP contribution in [-0.2, 0) is 4.74 Å². The van der Waals surface area contributed by atoms with Gasteiger partial charge in [0.15, 0.2) is 0 Å². The Bertz CT molecular complexity index is 225. The first-order chi connectivity index (χ1) is 8.42. The largest absolute Gasteiger partial charge is 0.376 e. The Morgan fingerprint density at radius 3 is 2.61 bits per heavy atom. The molecule has 1 aliphatic heterocycles. The van der Waals surface area contributed by atoms with E-state index in [9.17, 15) is 0 Å². The first-order valence-electron chi connectivity index (χ1n) is 7.48. The molecule has 18 heavy (non-hydrogen) atoms. The Morgan fingerprint density at radius 2 is 2.00 bits per heavy atom. The Kier molecular flexibility index (Phi) is 6.61. The van der Waals surface area contributed by atoms with Crippen LogP contribution in [0.5, 0.6) is 0 Å². The minimum atomic E-state index is 0.391. The van der Waals surface area contributed by atoms with Crippen molar-refractivity contribution in [1.82, 2.24) is 10.2 Å². The number of morpholine rings is 1. The van der Waals surface area contributed by atoms with E-state index >= 15 is 0 Å². The zero-order valence-corrected chi connectivity index (χ0v) is 13.0. The Labute approximate surface area is 113 Å². The molecule has 2 unspecified atom stereocenters. The molecule has 0 aliphatic carbocycles. The highest BCUT2D eigenvalue weighted by Crippen LogP contribution is 2.17. The second-order valence-electron chi connectivity index (χ2n) is 6.76. The maximum absolute atomic E-state index is 5.72. The van der Waals surface area contributed by atoms with Gasteiger partial charge in [-0.15, -0.1) is 0 Å². The summed E-state index contributed by atoms with van der Waals surface area (Å²) in [5, 5.41) is 3.57. The van der Waals surface area contributed by atoms with Crippen LogP contribution in [-0.4, -0.2) is 49.8 Å². The van der Waals surface area contributed by atoms with Crippen molar-refractivity contribution in [3.05, 3.63) is 0 Å². The second kappa shape index (κ2) is 7.46. The van der Waals surface area contributed by atoms with E-state index in [0.29, 0.717) is 17.6 Å². The van der Waals surface area contributed by atoms with Gasteiger partial charge in [-0.25, -0.2) is 0 Å². The van der Waals surface area contributed by atoms with Crippen LogP contribution in [0.2, 0.25) is 0 Å². The minimum absolute atomic E-state index is 0.391. The first kappa shape index (κ1) is 15.9. The lowest BCUT2D eigenvalue weighted by Gasteiger charge is -2.38. The normalized spacial score (nSPS) is 26.5. The molecule has 1 saturated heterocycles. The van der Waals surface area contributed by atoms with Crippen LogP contribution in [0.3, 0.4) is 0 Å². The van der Waals surface area contributed by atoms with E-state index in [2.05, 4.69) is 44.8 Å². The molecule has 1 heterocycles. The van der Waals surface area contributed by atoms with Gasteiger partial charge in [0.25, 0.3) is 0 Å². The molecule has 1 fully saturated rings. The van der Waals surface area contributed by atoms with Crippen LogP contribution >= 0.6 is 0 Å². The van der Waals surface area contributed by atoms with E-state index in [1.807, 2.05) is 0 Å². The molecule has 0 aromatic rings. The standard InChI is InChI=1S/C15H32N2O/c1-6-14-12-18-13(2)11-17(14)10-9-16-8-7-15(3,4)5/h13-14,16H,6-12H2,1-5H3. The van der Waals surface area contributed by atoms with Crippen LogP contribution in [0.4, 0.5) is 0 Å². The third-order valence-corrected chi connectivity index (χ3v) is 3.68. The fourth-order valence-corrected chi connectivity index (χ4v) is 2.37. The highest BCUT2D eigenvalue weighted by atomic mass is 16.5. The average Bonchev–Trinajstić information content (AvgIpc) is 2.27. The van der Waals surface area contributed by atoms with Gasteiger partial charge in [0.2, 0.25) is 0 Å². The number of nitrogens with zero attached hydrogens (tertiary/aromatic N) is 1. The third kappa shape index (κ3) is 6.17. The van der Waals surface area contributed by atoms with Crippen molar-refractivity contribution in [2.75, 3.05) is 32.8 Å². The molecular formula is C15H32N2O. The number of ether oxygens (including phenoxy) is 1. The maximum atomic E-state index is 5.72. The van der Waals surface area contributed by atoms with E-state index in [1.54, 1.807) is 0 Å². The number of nitrogens with one attached hydrogen (secondary N) is 1. The van der Waals surface area contributed by atoms with Gasteiger partial charge in [0, 0.05) is 25.7 Å². The zero-order valence-electron chi connectivity index (χ0n) is 13.0. The van der Waals surface area contributed by atoms with Crippen LogP contribution < -0.4 is 5.32 Å². The van der Waals surface area contributed by atoms with Crippen molar-refractivity contribution >= 4 is 0 Å². The Morgan fingerprint density at radius 1 is 1.28 bits per heavy atom. The molecular weight excluding hydrogens is 224 g/mol. The van der Waals surface area contributed by atoms with Gasteiger partial charge in [-0.3, -0.25) is 4.90 Å². The molecule has 0 bridgehead atoms. The number of hydrogen-bond acceptors (Lipinski definition) is 3. The second-order valence-corrected chi connectivity index (χ2v) is 6.76. The fourth-order valence-electron chi connectivity index (χ4n) is 2.37. The van der Waals surface area contributed by atoms with Gasteiger partial charge >= 0.3 is 0 Å². The van der Waals surface area contributed by atoms with Crippen LogP contribution in [0.15, 0.2) is 0 Å². The van der Waals surface area contributed by atoms with Gasteiger partial charge in [0.1, 0.15) is 0 Å². The third-order valence-electron chi connectivity index (χ3n) is 3.68. The Hall–Kier alpha value is -0.120. The molecule has 0 amide bonds. The molecule has 0 spiro atoms. The van der Waals surface area contributed by atoms with E-state index in [-0.39, 0.29) is 0 Å². The van der Waals surface area contributed by atoms with Crippen LogP contribution in [0.25, 0.3) is 0 Å². The fraction of sp³-hybridized carbons (Fsp3) is 1.00. The number of hydrogen-bond donors (Lipinski definition) is 1. The summed E-state index contributed by atoms with van der Waals surface area (Å²) < 4.78 is 5.72. The molecule has 3 heteroatoms. The average molecular weight is 256 g/mol. The maximum Gasteiger partial charge on any atom is 0.0674 e. The summed E-state index contributed by atoms with van der Waals surface area (Å²) in [6, 6.07) is 0.616. The molecule has 1 aliphatic rings. The van der Waals surface area contributed by atoms with Crippen molar-refractivity contribution < 1.29 is 4.74 Å². The van der Waals surface area contributed by atoms with Crippen molar-refractivity contribution in [1.29, 1.82) is 0 Å². The zero-order chi connectivity index (χ0) is 13.6. The minimum Gasteiger partial charge on any atom is -0.376 e. The predicted molar refractivity (Wildman–Crippen MR) is 78.0 cm³/mol. The highest BCUT2D eigenvalue weighted by Gasteiger charge is 2.24. The SMILES string of the molecule is CCC1COC(C)CN1CCNCCC(C)(C)C. The molecule has 0 aromatic carbocycles. The topological polar surface area (TPSA) is 24.5 Å². The summed E-state index contributed by atoms with van der Waals surface area (Å²) in [4.78, 5) is 2.58. The van der Waals surface area contributed by atoms with E-state index in [4.69, 9.17) is 4.74 Å². The molecule has 0 radical (unpaired) electrons. The summed E-state index contributed by atoms with van der Waals surface area (Å²) in [6.45, 7) is 16.7. The molecule has 108 valence electrons. The van der Waals surface area contributed by atoms with E-state index < -0.39 is 0 Å². The lowest BCUT2D eigenvalue weighted by Crippen LogP contribution is -2.50. The molecule has 3 nitrogen and oxygen atoms in total. The molecule has 0 aromatic heterocycles. The summed E-state index contributed by atoms with van der Waals surface area (Å²) >= 11 is 0. The van der Waals surface area contributed by atoms with Gasteiger partial charge in [-0.05, 0) is 31.7 Å². The van der Waals surface area contributed by atoms with E-state index in [0.717, 1.165) is 32.8 Å². The lowest BCUT2D eigenvalue weighted by atomic mass is 9.92. The van der Waals surface area contributed by atoms with Crippen molar-refractivity contribution in [3.63, 3.8) is 0 Å². The monoisotopic (exact) mass is 256 g/mol. The Balaban J connectivity index is 2.16. The summed E-state index contributed by atoms with van der Waals surface area (Å²) in [5.74, 6) is 0. The van der Waals surface area contributed by atoms with Gasteiger partial charge in [-0.1, -0.05) is 27.7 Å². The molecule has 1 N–H and O–H groups in total.